The number of hydrogen-bond donors (Lipinski definition) is 2. The van der Waals surface area contributed by atoms with Crippen LogP contribution in [-0.2, 0) is 4.79 Å². The van der Waals surface area contributed by atoms with E-state index in [0.29, 0.717) is 20.6 Å². The average molecular weight is 333 g/mol. The van der Waals surface area contributed by atoms with Gasteiger partial charge in [0.2, 0.25) is 0 Å². The number of aromatic nitrogens is 1. The summed E-state index contributed by atoms with van der Waals surface area (Å²) in [6.45, 7) is 0. The third-order valence-corrected chi connectivity index (χ3v) is 3.76. The van der Waals surface area contributed by atoms with Crippen molar-refractivity contribution in [1.29, 1.82) is 0 Å². The van der Waals surface area contributed by atoms with Gasteiger partial charge >= 0.3 is 12.1 Å². The second-order valence-electron chi connectivity index (χ2n) is 3.07. The molecule has 0 saturated heterocycles. The standard InChI is InChI=1S/C7H4Cl2N2S.C2HF3O2/c8-4-5-6(12-7(4)9)3(10)1-2-11-5;3-2(4,5)1(6)7/h1-2H,(H2,10,11);(H,6,7). The molecule has 2 aromatic rings. The molecule has 0 fully saturated rings. The number of aliphatic carboxylic acids is 1. The third kappa shape index (κ3) is 3.85. The maximum Gasteiger partial charge on any atom is 0.490 e. The predicted octanol–water partition coefficient (Wildman–Crippen LogP) is 3.82. The number of pyridine rings is 1. The Morgan fingerprint density at radius 2 is 1.95 bits per heavy atom. The molecule has 0 aliphatic heterocycles. The molecule has 0 radical (unpaired) electrons. The zero-order valence-corrected chi connectivity index (χ0v) is 11.2. The molecule has 0 aromatic carbocycles. The molecular weight excluding hydrogens is 328 g/mol. The van der Waals surface area contributed by atoms with Gasteiger partial charge in [0.15, 0.2) is 0 Å². The Hall–Kier alpha value is -1.25. The van der Waals surface area contributed by atoms with E-state index >= 15 is 0 Å². The summed E-state index contributed by atoms with van der Waals surface area (Å²) in [5.74, 6) is -2.76. The largest absolute Gasteiger partial charge is 0.490 e. The molecule has 0 saturated carbocycles. The highest BCUT2D eigenvalue weighted by atomic mass is 35.5. The van der Waals surface area contributed by atoms with Crippen molar-refractivity contribution in [2.45, 2.75) is 6.18 Å². The maximum absolute atomic E-state index is 10.6. The number of carbonyl (C=O) groups is 1. The Kier molecular flexibility index (Phi) is 4.83. The number of halogens is 5. The van der Waals surface area contributed by atoms with Crippen molar-refractivity contribution in [2.24, 2.45) is 0 Å². The SMILES string of the molecule is Nc1ccnc2c(Cl)c(Cl)sc12.O=C(O)C(F)(F)F. The fourth-order valence-corrected chi connectivity index (χ4v) is 2.39. The molecule has 0 aliphatic carbocycles. The summed E-state index contributed by atoms with van der Waals surface area (Å²) in [7, 11) is 0. The molecule has 2 rings (SSSR count). The molecular formula is C9H5Cl2F3N2O2S. The molecule has 0 bridgehead atoms. The van der Waals surface area contributed by atoms with E-state index in [4.69, 9.17) is 38.8 Å². The number of fused-ring (bicyclic) bond motifs is 1. The summed E-state index contributed by atoms with van der Waals surface area (Å²) >= 11 is 13.0. The first-order chi connectivity index (χ1) is 8.64. The van der Waals surface area contributed by atoms with Crippen molar-refractivity contribution in [3.8, 4) is 0 Å². The molecule has 2 aromatic heterocycles. The lowest BCUT2D eigenvalue weighted by Crippen LogP contribution is -2.21. The molecule has 4 nitrogen and oxygen atoms in total. The van der Waals surface area contributed by atoms with Crippen molar-refractivity contribution < 1.29 is 23.1 Å². The van der Waals surface area contributed by atoms with Gasteiger partial charge in [-0.1, -0.05) is 23.2 Å². The van der Waals surface area contributed by atoms with Crippen LogP contribution in [0.5, 0.6) is 0 Å². The Labute approximate surface area is 118 Å². The van der Waals surface area contributed by atoms with Gasteiger partial charge in [-0.15, -0.1) is 11.3 Å². The Morgan fingerprint density at radius 1 is 1.42 bits per heavy atom. The van der Waals surface area contributed by atoms with Crippen LogP contribution >= 0.6 is 34.5 Å². The number of nitrogens with two attached hydrogens (primary N) is 1. The van der Waals surface area contributed by atoms with Crippen LogP contribution in [0.2, 0.25) is 9.36 Å². The summed E-state index contributed by atoms with van der Waals surface area (Å²) in [6.07, 6.45) is -3.47. The monoisotopic (exact) mass is 332 g/mol. The molecule has 2 heterocycles. The Balaban J connectivity index is 0.000000224. The Bertz CT molecular complexity index is 615. The minimum absolute atomic E-state index is 0.490. The van der Waals surface area contributed by atoms with Gasteiger partial charge in [-0.05, 0) is 6.07 Å². The quantitative estimate of drug-likeness (QED) is 0.768. The highest BCUT2D eigenvalue weighted by Crippen LogP contribution is 2.39. The lowest BCUT2D eigenvalue weighted by atomic mass is 10.3. The first kappa shape index (κ1) is 15.8. The Morgan fingerprint density at radius 3 is 2.37 bits per heavy atom. The number of hydrogen-bond acceptors (Lipinski definition) is 4. The van der Waals surface area contributed by atoms with Gasteiger partial charge in [0.05, 0.1) is 15.4 Å². The van der Waals surface area contributed by atoms with E-state index in [9.17, 15) is 13.2 Å². The first-order valence-electron chi connectivity index (χ1n) is 4.42. The number of anilines is 1. The number of alkyl halides is 3. The molecule has 19 heavy (non-hydrogen) atoms. The normalized spacial score (nSPS) is 11.0. The van der Waals surface area contributed by atoms with Crippen LogP contribution < -0.4 is 5.73 Å². The number of carboxylic acids is 1. The van der Waals surface area contributed by atoms with Gasteiger partial charge in [0.1, 0.15) is 9.85 Å². The number of rotatable bonds is 0. The van der Waals surface area contributed by atoms with Gasteiger partial charge in [-0.25, -0.2) is 4.79 Å². The zero-order chi connectivity index (χ0) is 14.8. The number of nitrogens with zero attached hydrogens (tertiary/aromatic N) is 1. The highest BCUT2D eigenvalue weighted by Gasteiger charge is 2.38. The third-order valence-electron chi connectivity index (χ3n) is 1.75. The van der Waals surface area contributed by atoms with Crippen LogP contribution in [-0.4, -0.2) is 22.2 Å². The van der Waals surface area contributed by atoms with Crippen molar-refractivity contribution in [1.82, 2.24) is 4.98 Å². The molecule has 0 unspecified atom stereocenters. The van der Waals surface area contributed by atoms with Crippen LogP contribution in [0.3, 0.4) is 0 Å². The second-order valence-corrected chi connectivity index (χ2v) is 5.07. The maximum atomic E-state index is 10.6. The molecule has 0 aliphatic rings. The number of thiophene rings is 1. The average Bonchev–Trinajstić information content (AvgIpc) is 2.57. The van der Waals surface area contributed by atoms with Crippen molar-refractivity contribution in [2.75, 3.05) is 5.73 Å². The topological polar surface area (TPSA) is 76.2 Å². The summed E-state index contributed by atoms with van der Waals surface area (Å²) in [5, 5.41) is 7.61. The van der Waals surface area contributed by atoms with Gasteiger partial charge in [-0.3, -0.25) is 4.98 Å². The first-order valence-corrected chi connectivity index (χ1v) is 6.00. The van der Waals surface area contributed by atoms with E-state index in [1.54, 1.807) is 12.3 Å². The fraction of sp³-hybridized carbons (Fsp3) is 0.111. The molecule has 0 spiro atoms. The van der Waals surface area contributed by atoms with Crippen molar-refractivity contribution in [3.63, 3.8) is 0 Å². The van der Waals surface area contributed by atoms with E-state index in [-0.39, 0.29) is 0 Å². The minimum atomic E-state index is -5.08. The molecule has 104 valence electrons. The van der Waals surface area contributed by atoms with Crippen LogP contribution in [0.4, 0.5) is 18.9 Å². The van der Waals surface area contributed by atoms with Crippen LogP contribution in [0.1, 0.15) is 0 Å². The van der Waals surface area contributed by atoms with Crippen molar-refractivity contribution >= 4 is 56.4 Å². The van der Waals surface area contributed by atoms with Gasteiger partial charge < -0.3 is 10.8 Å². The van der Waals surface area contributed by atoms with E-state index in [2.05, 4.69) is 4.98 Å². The minimum Gasteiger partial charge on any atom is -0.475 e. The van der Waals surface area contributed by atoms with E-state index < -0.39 is 12.1 Å². The smallest absolute Gasteiger partial charge is 0.475 e. The number of carboxylic acid groups (broad SMARTS) is 1. The molecule has 0 amide bonds. The molecule has 3 N–H and O–H groups in total. The molecule has 0 atom stereocenters. The lowest BCUT2D eigenvalue weighted by molar-refractivity contribution is -0.192. The predicted molar refractivity (Wildman–Crippen MR) is 67.7 cm³/mol. The van der Waals surface area contributed by atoms with E-state index in [1.807, 2.05) is 0 Å². The van der Waals surface area contributed by atoms with Gasteiger partial charge in [-0.2, -0.15) is 13.2 Å². The van der Waals surface area contributed by atoms with E-state index in [1.165, 1.54) is 11.3 Å². The van der Waals surface area contributed by atoms with Crippen molar-refractivity contribution in [3.05, 3.63) is 21.6 Å². The number of nitrogen functional groups attached to an aromatic ring is 1. The second kappa shape index (κ2) is 5.81. The zero-order valence-electron chi connectivity index (χ0n) is 8.83. The van der Waals surface area contributed by atoms with Gasteiger partial charge in [0.25, 0.3) is 0 Å². The van der Waals surface area contributed by atoms with Gasteiger partial charge in [0, 0.05) is 6.20 Å². The summed E-state index contributed by atoms with van der Waals surface area (Å²) < 4.78 is 33.1. The summed E-state index contributed by atoms with van der Waals surface area (Å²) in [6, 6.07) is 1.73. The fourth-order valence-electron chi connectivity index (χ4n) is 0.954. The van der Waals surface area contributed by atoms with Crippen LogP contribution in [0.15, 0.2) is 12.3 Å². The van der Waals surface area contributed by atoms with E-state index in [0.717, 1.165) is 4.70 Å². The summed E-state index contributed by atoms with van der Waals surface area (Å²) in [5.41, 5.74) is 7.04. The lowest BCUT2D eigenvalue weighted by Gasteiger charge is -1.93. The summed E-state index contributed by atoms with van der Waals surface area (Å²) in [4.78, 5) is 13.0. The highest BCUT2D eigenvalue weighted by molar-refractivity contribution is 7.24. The van der Waals surface area contributed by atoms with Crippen LogP contribution in [0, 0.1) is 0 Å². The molecule has 10 heteroatoms. The van der Waals surface area contributed by atoms with Crippen LogP contribution in [0.25, 0.3) is 10.2 Å².